The molecule has 0 bridgehead atoms. The Balaban J connectivity index is 1.75. The third-order valence-corrected chi connectivity index (χ3v) is 4.18. The molecule has 0 spiro atoms. The molecule has 0 aliphatic carbocycles. The van der Waals surface area contributed by atoms with Crippen molar-refractivity contribution in [3.05, 3.63) is 59.2 Å². The summed E-state index contributed by atoms with van der Waals surface area (Å²) in [5.74, 6) is -1.98. The Kier molecular flexibility index (Phi) is 5.30. The molecule has 0 fully saturated rings. The van der Waals surface area contributed by atoms with Gasteiger partial charge in [0.25, 0.3) is 0 Å². The van der Waals surface area contributed by atoms with Crippen molar-refractivity contribution in [3.63, 3.8) is 0 Å². The lowest BCUT2D eigenvalue weighted by Gasteiger charge is -2.18. The second kappa shape index (κ2) is 7.81. The Labute approximate surface area is 151 Å². The van der Waals surface area contributed by atoms with E-state index in [-0.39, 0.29) is 12.4 Å². The lowest BCUT2D eigenvalue weighted by atomic mass is 9.96. The van der Waals surface area contributed by atoms with Crippen molar-refractivity contribution in [2.45, 2.75) is 20.0 Å². The number of amides is 1. The van der Waals surface area contributed by atoms with Gasteiger partial charge in [0, 0.05) is 16.8 Å². The normalized spacial score (nSPS) is 13.7. The molecule has 0 unspecified atom stereocenters. The van der Waals surface area contributed by atoms with Crippen LogP contribution in [0.4, 0.5) is 5.69 Å². The summed E-state index contributed by atoms with van der Waals surface area (Å²) in [4.78, 5) is 25.0. The maximum absolute atomic E-state index is 12.6. The van der Waals surface area contributed by atoms with Crippen LogP contribution in [0.5, 0.6) is 5.75 Å². The van der Waals surface area contributed by atoms with Crippen LogP contribution in [0.3, 0.4) is 0 Å². The van der Waals surface area contributed by atoms with E-state index < -0.39 is 17.6 Å². The smallest absolute Gasteiger partial charge is 0.249 e. The summed E-state index contributed by atoms with van der Waals surface area (Å²) in [6, 6.07) is 13.9. The summed E-state index contributed by atoms with van der Waals surface area (Å²) in [5, 5.41) is 12.0. The second-order valence-corrected chi connectivity index (χ2v) is 5.90. The fourth-order valence-corrected chi connectivity index (χ4v) is 2.68. The molecule has 6 nitrogen and oxygen atoms in total. The van der Waals surface area contributed by atoms with Crippen LogP contribution >= 0.6 is 0 Å². The molecule has 3 rings (SSSR count). The van der Waals surface area contributed by atoms with Crippen molar-refractivity contribution in [2.75, 3.05) is 12.1 Å². The number of hydrogen-bond acceptors (Lipinski definition) is 5. The molecular formula is C20H18N2O4. The third-order valence-electron chi connectivity index (χ3n) is 4.18. The molecule has 26 heavy (non-hydrogen) atoms. The molecule has 1 amide bonds. The van der Waals surface area contributed by atoms with Gasteiger partial charge in [-0.25, -0.2) is 0 Å². The Hall–Kier alpha value is -3.17. The SMILES string of the molecule is CCc1ccc(NC(=O)[C@H](C#N)C(=O)c2ccc3c(c2)COCO3)cc1. The predicted octanol–water partition coefficient (Wildman–Crippen LogP) is 3.08. The van der Waals surface area contributed by atoms with Crippen LogP contribution in [-0.4, -0.2) is 18.5 Å². The number of nitrogens with one attached hydrogen (secondary N) is 1. The number of hydrogen-bond donors (Lipinski definition) is 1. The number of anilines is 1. The van der Waals surface area contributed by atoms with Crippen LogP contribution in [0.25, 0.3) is 0 Å². The van der Waals surface area contributed by atoms with Crippen LogP contribution in [0.2, 0.25) is 0 Å². The number of aryl methyl sites for hydroxylation is 1. The number of nitrogens with zero attached hydrogens (tertiary/aromatic N) is 1. The molecule has 2 aromatic rings. The van der Waals surface area contributed by atoms with Gasteiger partial charge in [0.2, 0.25) is 5.91 Å². The molecule has 132 valence electrons. The van der Waals surface area contributed by atoms with E-state index in [1.54, 1.807) is 36.4 Å². The van der Waals surface area contributed by atoms with Crippen LogP contribution < -0.4 is 10.1 Å². The van der Waals surface area contributed by atoms with Gasteiger partial charge in [-0.3, -0.25) is 9.59 Å². The second-order valence-electron chi connectivity index (χ2n) is 5.90. The van der Waals surface area contributed by atoms with E-state index in [0.29, 0.717) is 23.6 Å². The van der Waals surface area contributed by atoms with Gasteiger partial charge in [0.1, 0.15) is 5.75 Å². The van der Waals surface area contributed by atoms with Gasteiger partial charge in [-0.05, 0) is 42.3 Å². The van der Waals surface area contributed by atoms with Gasteiger partial charge in [0.05, 0.1) is 12.7 Å². The molecule has 1 heterocycles. The maximum Gasteiger partial charge on any atom is 0.249 e. The third kappa shape index (κ3) is 3.73. The highest BCUT2D eigenvalue weighted by atomic mass is 16.7. The number of ether oxygens (including phenoxy) is 2. The highest BCUT2D eigenvalue weighted by molar-refractivity contribution is 6.15. The van der Waals surface area contributed by atoms with Crippen LogP contribution in [0.1, 0.15) is 28.4 Å². The highest BCUT2D eigenvalue weighted by Gasteiger charge is 2.28. The summed E-state index contributed by atoms with van der Waals surface area (Å²) in [5.41, 5.74) is 2.68. The minimum atomic E-state index is -1.43. The topological polar surface area (TPSA) is 88.4 Å². The molecule has 0 aromatic heterocycles. The quantitative estimate of drug-likeness (QED) is 0.661. The Bertz CT molecular complexity index is 868. The number of rotatable bonds is 5. The summed E-state index contributed by atoms with van der Waals surface area (Å²) < 4.78 is 10.5. The van der Waals surface area contributed by atoms with E-state index in [1.165, 1.54) is 0 Å². The van der Waals surface area contributed by atoms with Crippen LogP contribution in [0.15, 0.2) is 42.5 Å². The molecule has 1 aliphatic heterocycles. The average molecular weight is 350 g/mol. The number of benzene rings is 2. The zero-order valence-electron chi connectivity index (χ0n) is 14.3. The first kappa shape index (κ1) is 17.6. The van der Waals surface area contributed by atoms with Gasteiger partial charge >= 0.3 is 0 Å². The Morgan fingerprint density at radius 3 is 2.69 bits per heavy atom. The number of Topliss-reactive ketones (excluding diaryl/α,β-unsaturated/α-hetero) is 1. The van der Waals surface area contributed by atoms with Crippen molar-refractivity contribution >= 4 is 17.4 Å². The minimum absolute atomic E-state index is 0.167. The highest BCUT2D eigenvalue weighted by Crippen LogP contribution is 2.25. The fourth-order valence-electron chi connectivity index (χ4n) is 2.68. The Morgan fingerprint density at radius 2 is 2.00 bits per heavy atom. The summed E-state index contributed by atoms with van der Waals surface area (Å²) in [6.07, 6.45) is 0.888. The minimum Gasteiger partial charge on any atom is -0.467 e. The van der Waals surface area contributed by atoms with Gasteiger partial charge < -0.3 is 14.8 Å². The van der Waals surface area contributed by atoms with Crippen molar-refractivity contribution in [1.29, 1.82) is 5.26 Å². The molecule has 2 aromatic carbocycles. The molecule has 0 saturated carbocycles. The first-order chi connectivity index (χ1) is 12.6. The summed E-state index contributed by atoms with van der Waals surface area (Å²) >= 11 is 0. The van der Waals surface area contributed by atoms with Gasteiger partial charge in [-0.15, -0.1) is 0 Å². The molecule has 0 radical (unpaired) electrons. The lowest BCUT2D eigenvalue weighted by Crippen LogP contribution is -2.29. The standard InChI is InChI=1S/C20H18N2O4/c1-2-13-3-6-16(7-4-13)22-20(24)17(10-21)19(23)14-5-8-18-15(9-14)11-25-12-26-18/h3-9,17H,2,11-12H2,1H3,(H,22,24)/t17-/m1/s1. The van der Waals surface area contributed by atoms with E-state index in [4.69, 9.17) is 9.47 Å². The zero-order valence-corrected chi connectivity index (χ0v) is 14.3. The van der Waals surface area contributed by atoms with Gasteiger partial charge in [0.15, 0.2) is 18.5 Å². The summed E-state index contributed by atoms with van der Waals surface area (Å²) in [7, 11) is 0. The molecule has 1 aliphatic rings. The van der Waals surface area contributed by atoms with Crippen LogP contribution in [-0.2, 0) is 22.6 Å². The number of carbonyl (C=O) groups is 2. The zero-order chi connectivity index (χ0) is 18.5. The van der Waals surface area contributed by atoms with E-state index in [1.807, 2.05) is 19.1 Å². The van der Waals surface area contributed by atoms with Gasteiger partial charge in [-0.1, -0.05) is 19.1 Å². The molecule has 6 heteroatoms. The number of fused-ring (bicyclic) bond motifs is 1. The van der Waals surface area contributed by atoms with E-state index in [9.17, 15) is 14.9 Å². The number of ketones is 1. The van der Waals surface area contributed by atoms with Crippen molar-refractivity contribution in [1.82, 2.24) is 0 Å². The monoisotopic (exact) mass is 350 g/mol. The number of carbonyl (C=O) groups excluding carboxylic acids is 2. The molecular weight excluding hydrogens is 332 g/mol. The van der Waals surface area contributed by atoms with Crippen LogP contribution in [0, 0.1) is 17.2 Å². The fraction of sp³-hybridized carbons (Fsp3) is 0.250. The van der Waals surface area contributed by atoms with E-state index in [0.717, 1.165) is 12.0 Å². The average Bonchev–Trinajstić information content (AvgIpc) is 2.68. The number of nitriles is 1. The maximum atomic E-state index is 12.6. The first-order valence-electron chi connectivity index (χ1n) is 8.29. The largest absolute Gasteiger partial charge is 0.467 e. The molecule has 0 saturated heterocycles. The van der Waals surface area contributed by atoms with Crippen molar-refractivity contribution in [2.24, 2.45) is 5.92 Å². The van der Waals surface area contributed by atoms with E-state index in [2.05, 4.69) is 5.32 Å². The van der Waals surface area contributed by atoms with Gasteiger partial charge in [-0.2, -0.15) is 5.26 Å². The van der Waals surface area contributed by atoms with E-state index >= 15 is 0 Å². The Morgan fingerprint density at radius 1 is 1.23 bits per heavy atom. The van der Waals surface area contributed by atoms with Crippen molar-refractivity contribution < 1.29 is 19.1 Å². The molecule has 1 atom stereocenters. The summed E-state index contributed by atoms with van der Waals surface area (Å²) in [6.45, 7) is 2.52. The predicted molar refractivity (Wildman–Crippen MR) is 94.6 cm³/mol. The first-order valence-corrected chi connectivity index (χ1v) is 8.29. The van der Waals surface area contributed by atoms with Crippen molar-refractivity contribution in [3.8, 4) is 11.8 Å². The molecule has 1 N–H and O–H groups in total. The lowest BCUT2D eigenvalue weighted by molar-refractivity contribution is -0.117.